The predicted octanol–water partition coefficient (Wildman–Crippen LogP) is 2.63. The van der Waals surface area contributed by atoms with Crippen LogP contribution in [0.25, 0.3) is 0 Å². The van der Waals surface area contributed by atoms with Crippen molar-refractivity contribution in [3.8, 4) is 0 Å². The number of hydrogen-bond donors (Lipinski definition) is 1. The molecule has 1 aromatic rings. The molecule has 1 N–H and O–H groups in total. The average Bonchev–Trinajstić information content (AvgIpc) is 2.95. The lowest BCUT2D eigenvalue weighted by molar-refractivity contribution is -0.143. The maximum atomic E-state index is 11.9. The van der Waals surface area contributed by atoms with E-state index >= 15 is 0 Å². The fraction of sp³-hybridized carbons (Fsp3) is 0.533. The summed E-state index contributed by atoms with van der Waals surface area (Å²) in [5.41, 5.74) is 1.80. The van der Waals surface area contributed by atoms with Gasteiger partial charge in [-0.25, -0.2) is 4.79 Å². The first-order valence-corrected chi connectivity index (χ1v) is 7.18. The summed E-state index contributed by atoms with van der Waals surface area (Å²) in [6.07, 6.45) is 2.27. The maximum Gasteiger partial charge on any atom is 0.327 e. The van der Waals surface area contributed by atoms with E-state index in [4.69, 9.17) is 21.1 Å². The van der Waals surface area contributed by atoms with E-state index in [9.17, 15) is 4.79 Å². The van der Waals surface area contributed by atoms with Crippen LogP contribution in [0.2, 0.25) is 5.02 Å². The zero-order valence-corrected chi connectivity index (χ0v) is 12.6. The fourth-order valence-corrected chi connectivity index (χ4v) is 2.49. The number of carbonyl (C=O) groups is 1. The minimum absolute atomic E-state index is 0.170. The van der Waals surface area contributed by atoms with Crippen molar-refractivity contribution in [1.82, 2.24) is 5.32 Å². The SMILES string of the molecule is COC(=O)C(NCC1CCCO1)c1ccc(C)c(Cl)c1. The van der Waals surface area contributed by atoms with Crippen LogP contribution in [0.15, 0.2) is 18.2 Å². The molecule has 0 spiro atoms. The van der Waals surface area contributed by atoms with Crippen LogP contribution in [0.1, 0.15) is 30.0 Å². The molecular formula is C15H20ClNO3. The van der Waals surface area contributed by atoms with Crippen LogP contribution in [0.4, 0.5) is 0 Å². The summed E-state index contributed by atoms with van der Waals surface area (Å²) in [7, 11) is 1.39. The van der Waals surface area contributed by atoms with Gasteiger partial charge in [-0.15, -0.1) is 0 Å². The third-order valence-electron chi connectivity index (χ3n) is 3.54. The molecule has 110 valence electrons. The molecule has 2 atom stereocenters. The third kappa shape index (κ3) is 3.72. The van der Waals surface area contributed by atoms with Crippen molar-refractivity contribution in [2.24, 2.45) is 0 Å². The number of hydrogen-bond acceptors (Lipinski definition) is 4. The molecule has 1 aliphatic rings. The number of rotatable bonds is 5. The predicted molar refractivity (Wildman–Crippen MR) is 77.9 cm³/mol. The third-order valence-corrected chi connectivity index (χ3v) is 3.95. The zero-order valence-electron chi connectivity index (χ0n) is 11.8. The molecule has 2 unspecified atom stereocenters. The second kappa shape index (κ2) is 7.07. The Bertz CT molecular complexity index is 472. The van der Waals surface area contributed by atoms with Crippen molar-refractivity contribution in [3.05, 3.63) is 34.3 Å². The lowest BCUT2D eigenvalue weighted by Gasteiger charge is -2.19. The Morgan fingerprint density at radius 2 is 2.40 bits per heavy atom. The van der Waals surface area contributed by atoms with Crippen LogP contribution in [0.5, 0.6) is 0 Å². The number of benzene rings is 1. The molecule has 5 heteroatoms. The lowest BCUT2D eigenvalue weighted by Crippen LogP contribution is -2.35. The number of methoxy groups -OCH3 is 1. The van der Waals surface area contributed by atoms with Crippen LogP contribution in [0.3, 0.4) is 0 Å². The Morgan fingerprint density at radius 3 is 3.00 bits per heavy atom. The number of halogens is 1. The molecule has 1 aromatic carbocycles. The van der Waals surface area contributed by atoms with E-state index in [1.807, 2.05) is 19.1 Å². The second-order valence-electron chi connectivity index (χ2n) is 5.01. The van der Waals surface area contributed by atoms with E-state index in [2.05, 4.69) is 5.32 Å². The first-order chi connectivity index (χ1) is 9.61. The second-order valence-corrected chi connectivity index (χ2v) is 5.42. The lowest BCUT2D eigenvalue weighted by atomic mass is 10.0. The molecule has 2 rings (SSSR count). The van der Waals surface area contributed by atoms with Crippen molar-refractivity contribution in [2.75, 3.05) is 20.3 Å². The van der Waals surface area contributed by atoms with Gasteiger partial charge < -0.3 is 9.47 Å². The van der Waals surface area contributed by atoms with Gasteiger partial charge >= 0.3 is 5.97 Å². The molecule has 0 saturated carbocycles. The molecule has 20 heavy (non-hydrogen) atoms. The van der Waals surface area contributed by atoms with Gasteiger partial charge in [-0.3, -0.25) is 5.32 Å². The number of carbonyl (C=O) groups excluding carboxylic acids is 1. The standard InChI is InChI=1S/C15H20ClNO3/c1-10-5-6-11(8-13(10)16)14(15(18)19-2)17-9-12-4-3-7-20-12/h5-6,8,12,14,17H,3-4,7,9H2,1-2H3. The molecule has 0 amide bonds. The zero-order chi connectivity index (χ0) is 14.5. The van der Waals surface area contributed by atoms with Crippen LogP contribution >= 0.6 is 11.6 Å². The highest BCUT2D eigenvalue weighted by Crippen LogP contribution is 2.23. The maximum absolute atomic E-state index is 11.9. The van der Waals surface area contributed by atoms with Crippen molar-refractivity contribution >= 4 is 17.6 Å². The summed E-state index contributed by atoms with van der Waals surface area (Å²) >= 11 is 6.13. The Kier molecular flexibility index (Phi) is 5.40. The summed E-state index contributed by atoms with van der Waals surface area (Å²) in [6.45, 7) is 3.36. The van der Waals surface area contributed by atoms with Gasteiger partial charge in [-0.05, 0) is 37.0 Å². The van der Waals surface area contributed by atoms with Gasteiger partial charge in [0.25, 0.3) is 0 Å². The van der Waals surface area contributed by atoms with Gasteiger partial charge in [0.2, 0.25) is 0 Å². The molecule has 4 nitrogen and oxygen atoms in total. The Balaban J connectivity index is 2.09. The van der Waals surface area contributed by atoms with Crippen molar-refractivity contribution in [1.29, 1.82) is 0 Å². The van der Waals surface area contributed by atoms with E-state index < -0.39 is 6.04 Å². The van der Waals surface area contributed by atoms with Gasteiger partial charge in [0.05, 0.1) is 13.2 Å². The Labute approximate surface area is 124 Å². The molecule has 0 bridgehead atoms. The number of aryl methyl sites for hydroxylation is 1. The van der Waals surface area contributed by atoms with Gasteiger partial charge in [-0.2, -0.15) is 0 Å². The van der Waals surface area contributed by atoms with E-state index in [0.29, 0.717) is 11.6 Å². The quantitative estimate of drug-likeness (QED) is 0.849. The molecule has 0 aliphatic carbocycles. The molecule has 1 fully saturated rings. The van der Waals surface area contributed by atoms with E-state index in [0.717, 1.165) is 30.6 Å². The van der Waals surface area contributed by atoms with Crippen LogP contribution in [-0.2, 0) is 14.3 Å². The summed E-state index contributed by atoms with van der Waals surface area (Å²) in [6, 6.07) is 5.09. The van der Waals surface area contributed by atoms with Gasteiger partial charge in [0.1, 0.15) is 6.04 Å². The number of ether oxygens (including phenoxy) is 2. The van der Waals surface area contributed by atoms with Gasteiger partial charge in [0.15, 0.2) is 0 Å². The summed E-state index contributed by atoms with van der Waals surface area (Å²) < 4.78 is 10.4. The fourth-order valence-electron chi connectivity index (χ4n) is 2.30. The van der Waals surface area contributed by atoms with Crippen molar-refractivity contribution in [2.45, 2.75) is 31.9 Å². The normalized spacial score (nSPS) is 19.9. The van der Waals surface area contributed by atoms with Crippen LogP contribution in [0, 0.1) is 6.92 Å². The molecule has 1 aliphatic heterocycles. The summed E-state index contributed by atoms with van der Waals surface area (Å²) in [5.74, 6) is -0.317. The van der Waals surface area contributed by atoms with Crippen molar-refractivity contribution in [3.63, 3.8) is 0 Å². The molecule has 1 saturated heterocycles. The first kappa shape index (κ1) is 15.3. The summed E-state index contributed by atoms with van der Waals surface area (Å²) in [4.78, 5) is 11.9. The molecule has 1 heterocycles. The van der Waals surface area contributed by atoms with Gasteiger partial charge in [-0.1, -0.05) is 23.7 Å². The highest BCUT2D eigenvalue weighted by Gasteiger charge is 2.24. The minimum atomic E-state index is -0.512. The Morgan fingerprint density at radius 1 is 1.60 bits per heavy atom. The van der Waals surface area contributed by atoms with Crippen molar-refractivity contribution < 1.29 is 14.3 Å². The summed E-state index contributed by atoms with van der Waals surface area (Å²) in [5, 5.41) is 3.87. The van der Waals surface area contributed by atoms with E-state index in [-0.39, 0.29) is 12.1 Å². The van der Waals surface area contributed by atoms with Crippen LogP contribution in [-0.4, -0.2) is 32.3 Å². The monoisotopic (exact) mass is 297 g/mol. The highest BCUT2D eigenvalue weighted by atomic mass is 35.5. The van der Waals surface area contributed by atoms with E-state index in [1.54, 1.807) is 6.07 Å². The topological polar surface area (TPSA) is 47.6 Å². The smallest absolute Gasteiger partial charge is 0.327 e. The molecular weight excluding hydrogens is 278 g/mol. The highest BCUT2D eigenvalue weighted by molar-refractivity contribution is 6.31. The number of esters is 1. The molecule has 0 aromatic heterocycles. The number of nitrogens with one attached hydrogen (secondary N) is 1. The average molecular weight is 298 g/mol. The first-order valence-electron chi connectivity index (χ1n) is 6.80. The van der Waals surface area contributed by atoms with E-state index in [1.165, 1.54) is 7.11 Å². The van der Waals surface area contributed by atoms with Gasteiger partial charge in [0, 0.05) is 18.2 Å². The van der Waals surface area contributed by atoms with Crippen LogP contribution < -0.4 is 5.32 Å². The minimum Gasteiger partial charge on any atom is -0.468 e. The molecule has 0 radical (unpaired) electrons. The Hall–Kier alpha value is -1.10. The largest absolute Gasteiger partial charge is 0.468 e.